The van der Waals surface area contributed by atoms with E-state index in [1.54, 1.807) is 18.2 Å². The number of carbonyl (C=O) groups is 1. The normalized spacial score (nSPS) is 17.0. The molecule has 36 heavy (non-hydrogen) atoms. The molecule has 0 atom stereocenters. The van der Waals surface area contributed by atoms with E-state index >= 15 is 0 Å². The van der Waals surface area contributed by atoms with Gasteiger partial charge in [0, 0.05) is 22.0 Å². The molecule has 2 rings (SSSR count). The number of hydrogen-bond donors (Lipinski definition) is 1. The maximum absolute atomic E-state index is 13.8. The maximum Gasteiger partial charge on any atom is 0.417 e. The minimum absolute atomic E-state index is 0.0336. The van der Waals surface area contributed by atoms with Gasteiger partial charge in [-0.3, -0.25) is 4.79 Å². The number of alkyl halides is 3. The summed E-state index contributed by atoms with van der Waals surface area (Å²) in [5.41, 5.74) is -0.609. The van der Waals surface area contributed by atoms with Crippen molar-refractivity contribution in [3.8, 4) is 0 Å². The smallest absolute Gasteiger partial charge is 0.322 e. The Bertz CT molecular complexity index is 1160. The second kappa shape index (κ2) is 13.4. The number of carbonyl (C=O) groups excluding carboxylic acids is 1. The number of unbranched alkanes of at least 4 members (excludes halogenated alkanes) is 1. The zero-order chi connectivity index (χ0) is 26.9. The van der Waals surface area contributed by atoms with Crippen molar-refractivity contribution in [1.82, 2.24) is 5.32 Å². The van der Waals surface area contributed by atoms with Gasteiger partial charge in [0.25, 0.3) is 5.91 Å². The van der Waals surface area contributed by atoms with Gasteiger partial charge in [-0.1, -0.05) is 72.8 Å². The monoisotopic (exact) mass is 587 g/mol. The third kappa shape index (κ3) is 9.07. The zero-order valence-corrected chi connectivity index (χ0v) is 23.2. The van der Waals surface area contributed by atoms with E-state index in [1.165, 1.54) is 6.07 Å². The number of benzene rings is 1. The van der Waals surface area contributed by atoms with E-state index in [2.05, 4.69) is 21.2 Å². The van der Waals surface area contributed by atoms with Gasteiger partial charge in [0.2, 0.25) is 0 Å². The largest absolute Gasteiger partial charge is 0.417 e. The Morgan fingerprint density at radius 1 is 1.17 bits per heavy atom. The molecule has 0 spiro atoms. The average Bonchev–Trinajstić information content (AvgIpc) is 2.83. The van der Waals surface area contributed by atoms with E-state index in [4.69, 9.17) is 0 Å². The van der Waals surface area contributed by atoms with Crippen LogP contribution in [0.2, 0.25) is 0 Å². The molecule has 9 heteroatoms. The topological polar surface area (TPSA) is 63.2 Å². The molecule has 0 bridgehead atoms. The summed E-state index contributed by atoms with van der Waals surface area (Å²) in [6, 6.07) is 2.99. The van der Waals surface area contributed by atoms with Gasteiger partial charge in [0.1, 0.15) is 0 Å². The van der Waals surface area contributed by atoms with Gasteiger partial charge in [-0.15, -0.1) is 0 Å². The third-order valence-corrected chi connectivity index (χ3v) is 7.78. The first-order valence-electron chi connectivity index (χ1n) is 12.0. The highest BCUT2D eigenvalue weighted by Crippen LogP contribution is 2.37. The molecule has 0 aliphatic heterocycles. The molecule has 1 saturated carbocycles. The molecule has 1 amide bonds. The quantitative estimate of drug-likeness (QED) is 0.237. The van der Waals surface area contributed by atoms with Gasteiger partial charge in [-0.2, -0.15) is 13.2 Å². The van der Waals surface area contributed by atoms with Crippen molar-refractivity contribution in [2.75, 3.05) is 6.26 Å². The van der Waals surface area contributed by atoms with Crippen LogP contribution in [0.15, 0.2) is 63.7 Å². The minimum Gasteiger partial charge on any atom is -0.322 e. The fourth-order valence-corrected chi connectivity index (χ4v) is 5.03. The minimum atomic E-state index is -4.89. The van der Waals surface area contributed by atoms with Crippen molar-refractivity contribution < 1.29 is 26.4 Å². The molecule has 0 unspecified atom stereocenters. The van der Waals surface area contributed by atoms with Crippen LogP contribution in [0, 0.1) is 5.92 Å². The molecule has 0 radical (unpaired) electrons. The molecule has 1 aromatic rings. The Hall–Kier alpha value is -2.13. The van der Waals surface area contributed by atoms with Crippen LogP contribution >= 0.6 is 15.9 Å². The number of allylic oxidation sites excluding steroid dienone is 6. The molecule has 1 aliphatic carbocycles. The third-order valence-electron chi connectivity index (χ3n) is 5.90. The van der Waals surface area contributed by atoms with Gasteiger partial charge in [-0.05, 0) is 62.0 Å². The first-order valence-corrected chi connectivity index (χ1v) is 14.7. The Labute approximate surface area is 220 Å². The Kier molecular flexibility index (Phi) is 11.2. The summed E-state index contributed by atoms with van der Waals surface area (Å²) in [5.74, 6) is -0.483. The molecule has 1 aliphatic rings. The molecule has 1 fully saturated rings. The molecular formula is C27H33BrF3NO3S. The van der Waals surface area contributed by atoms with Gasteiger partial charge >= 0.3 is 6.18 Å². The zero-order valence-electron chi connectivity index (χ0n) is 20.8. The predicted octanol–water partition coefficient (Wildman–Crippen LogP) is 7.73. The Morgan fingerprint density at radius 3 is 2.39 bits per heavy atom. The van der Waals surface area contributed by atoms with Crippen LogP contribution in [0.4, 0.5) is 13.2 Å². The standard InChI is InChI=1S/C27H33BrF3NO3S/c1-4-6-12-22(15-14-21(28)5-2)32-26(33)23(17-19-10-8-7-9-11-19)20-13-16-25(36(3,34)35)24(18-20)27(29,30)31/h5,12-19H,4,6-11H2,1-3H3,(H,32,33)/b15-14-,21-5+,22-12-,23-17+. The van der Waals surface area contributed by atoms with Crippen LogP contribution in [0.3, 0.4) is 0 Å². The van der Waals surface area contributed by atoms with Crippen molar-refractivity contribution in [1.29, 1.82) is 0 Å². The number of amides is 1. The lowest BCUT2D eigenvalue weighted by Gasteiger charge is -2.21. The van der Waals surface area contributed by atoms with Crippen molar-refractivity contribution in [2.45, 2.75) is 69.9 Å². The summed E-state index contributed by atoms with van der Waals surface area (Å²) in [5, 5.41) is 2.84. The highest BCUT2D eigenvalue weighted by molar-refractivity contribution is 9.11. The summed E-state index contributed by atoms with van der Waals surface area (Å²) in [6.45, 7) is 3.85. The molecule has 0 aromatic heterocycles. The molecule has 4 nitrogen and oxygen atoms in total. The van der Waals surface area contributed by atoms with Crippen molar-refractivity contribution in [3.63, 3.8) is 0 Å². The average molecular weight is 589 g/mol. The fourth-order valence-electron chi connectivity index (χ4n) is 4.01. The molecule has 1 aromatic carbocycles. The number of sulfone groups is 1. The van der Waals surface area contributed by atoms with E-state index in [0.29, 0.717) is 12.1 Å². The van der Waals surface area contributed by atoms with Crippen molar-refractivity contribution in [3.05, 3.63) is 69.9 Å². The summed E-state index contributed by atoms with van der Waals surface area (Å²) < 4.78 is 66.3. The van der Waals surface area contributed by atoms with Crippen LogP contribution < -0.4 is 5.32 Å². The lowest BCUT2D eigenvalue weighted by molar-refractivity contribution is -0.139. The number of hydrogen-bond acceptors (Lipinski definition) is 3. The Balaban J connectivity index is 2.58. The van der Waals surface area contributed by atoms with Crippen LogP contribution in [-0.2, 0) is 20.8 Å². The van der Waals surface area contributed by atoms with Gasteiger partial charge < -0.3 is 5.32 Å². The lowest BCUT2D eigenvalue weighted by Crippen LogP contribution is -2.24. The van der Waals surface area contributed by atoms with Crippen molar-refractivity contribution >= 4 is 37.2 Å². The van der Waals surface area contributed by atoms with Gasteiger partial charge in [0.15, 0.2) is 9.84 Å². The molecule has 1 N–H and O–H groups in total. The van der Waals surface area contributed by atoms with Crippen LogP contribution in [0.5, 0.6) is 0 Å². The van der Waals surface area contributed by atoms with Crippen LogP contribution in [-0.4, -0.2) is 20.6 Å². The van der Waals surface area contributed by atoms with E-state index in [9.17, 15) is 26.4 Å². The summed E-state index contributed by atoms with van der Waals surface area (Å²) >= 11 is 3.39. The van der Waals surface area contributed by atoms with Gasteiger partial charge in [-0.25, -0.2) is 8.42 Å². The SMILES string of the molecule is C\C=C(Br)/C=C\C(=C\CCC)NC(=O)/C(=C/C1CCCCC1)c1ccc(S(C)(=O)=O)c(C(F)(F)F)c1. The maximum atomic E-state index is 13.8. The van der Waals surface area contributed by atoms with E-state index in [0.717, 1.165) is 61.4 Å². The highest BCUT2D eigenvalue weighted by atomic mass is 79.9. The van der Waals surface area contributed by atoms with E-state index < -0.39 is 32.4 Å². The Morgan fingerprint density at radius 2 is 1.83 bits per heavy atom. The number of nitrogens with one attached hydrogen (secondary N) is 1. The number of halogens is 4. The molecule has 0 heterocycles. The highest BCUT2D eigenvalue weighted by Gasteiger charge is 2.37. The fraction of sp³-hybridized carbons (Fsp3) is 0.444. The summed E-state index contributed by atoms with van der Waals surface area (Å²) in [7, 11) is -4.12. The molecule has 0 saturated heterocycles. The first-order chi connectivity index (χ1) is 16.9. The van der Waals surface area contributed by atoms with Crippen LogP contribution in [0.1, 0.15) is 69.9 Å². The number of rotatable bonds is 9. The van der Waals surface area contributed by atoms with E-state index in [1.807, 2.05) is 26.0 Å². The molecule has 198 valence electrons. The van der Waals surface area contributed by atoms with Crippen LogP contribution in [0.25, 0.3) is 5.57 Å². The first kappa shape index (κ1) is 30.1. The second-order valence-electron chi connectivity index (χ2n) is 8.87. The van der Waals surface area contributed by atoms with Gasteiger partial charge in [0.05, 0.1) is 10.5 Å². The second-order valence-corrected chi connectivity index (χ2v) is 11.8. The predicted molar refractivity (Wildman–Crippen MR) is 142 cm³/mol. The molecular weight excluding hydrogens is 555 g/mol. The van der Waals surface area contributed by atoms with Crippen molar-refractivity contribution in [2.24, 2.45) is 5.92 Å². The lowest BCUT2D eigenvalue weighted by atomic mass is 9.86. The summed E-state index contributed by atoms with van der Waals surface area (Å²) in [4.78, 5) is 12.7. The van der Waals surface area contributed by atoms with E-state index in [-0.39, 0.29) is 17.1 Å². The summed E-state index contributed by atoms with van der Waals surface area (Å²) in [6.07, 6.45) is 11.1.